The zero-order chi connectivity index (χ0) is 13.5. The molecule has 0 aromatic heterocycles. The van der Waals surface area contributed by atoms with Crippen LogP contribution >= 0.6 is 0 Å². The predicted molar refractivity (Wildman–Crippen MR) is 77.3 cm³/mol. The lowest BCUT2D eigenvalue weighted by Crippen LogP contribution is -2.09. The molecule has 3 nitrogen and oxygen atoms in total. The van der Waals surface area contributed by atoms with E-state index in [2.05, 4.69) is 36.4 Å². The average molecular weight is 267 g/mol. The molecule has 2 aromatic carbocycles. The SMILES string of the molecule is NC[C@H]1C[C@@H](c2ccc3c(c2)OCO3)c2ccccc21. The van der Waals surface area contributed by atoms with Crippen LogP contribution in [0.1, 0.15) is 34.9 Å². The summed E-state index contributed by atoms with van der Waals surface area (Å²) in [6.07, 6.45) is 1.08. The molecule has 0 radical (unpaired) electrons. The first-order chi connectivity index (χ1) is 9.86. The predicted octanol–water partition coefficient (Wildman–Crippen LogP) is 2.99. The molecule has 3 heteroatoms. The van der Waals surface area contributed by atoms with E-state index in [0.29, 0.717) is 25.2 Å². The van der Waals surface area contributed by atoms with Crippen molar-refractivity contribution in [2.24, 2.45) is 5.73 Å². The second-order valence-corrected chi connectivity index (χ2v) is 5.46. The van der Waals surface area contributed by atoms with Crippen LogP contribution in [0.4, 0.5) is 0 Å². The summed E-state index contributed by atoms with van der Waals surface area (Å²) < 4.78 is 10.9. The Bertz CT molecular complexity index is 653. The van der Waals surface area contributed by atoms with Crippen molar-refractivity contribution in [3.63, 3.8) is 0 Å². The van der Waals surface area contributed by atoms with Crippen LogP contribution in [0, 0.1) is 0 Å². The van der Waals surface area contributed by atoms with Crippen molar-refractivity contribution >= 4 is 0 Å². The lowest BCUT2D eigenvalue weighted by molar-refractivity contribution is 0.174. The lowest BCUT2D eigenvalue weighted by atomic mass is 9.92. The molecule has 0 saturated carbocycles. The zero-order valence-electron chi connectivity index (χ0n) is 11.2. The molecule has 0 fully saturated rings. The van der Waals surface area contributed by atoms with Gasteiger partial charge >= 0.3 is 0 Å². The third-order valence-corrected chi connectivity index (χ3v) is 4.41. The van der Waals surface area contributed by atoms with Crippen LogP contribution in [0.5, 0.6) is 11.5 Å². The van der Waals surface area contributed by atoms with Gasteiger partial charge in [-0.05, 0) is 47.7 Å². The number of nitrogens with two attached hydrogens (primary N) is 1. The fraction of sp³-hybridized carbons (Fsp3) is 0.294. The number of fused-ring (bicyclic) bond motifs is 2. The molecule has 2 aliphatic rings. The molecule has 0 spiro atoms. The molecule has 2 N–H and O–H groups in total. The summed E-state index contributed by atoms with van der Waals surface area (Å²) in [6.45, 7) is 1.03. The fourth-order valence-corrected chi connectivity index (χ4v) is 3.41. The van der Waals surface area contributed by atoms with E-state index in [-0.39, 0.29) is 0 Å². The van der Waals surface area contributed by atoms with Crippen LogP contribution in [0.2, 0.25) is 0 Å². The Labute approximate surface area is 118 Å². The summed E-state index contributed by atoms with van der Waals surface area (Å²) in [6, 6.07) is 14.9. The Morgan fingerprint density at radius 3 is 2.65 bits per heavy atom. The van der Waals surface area contributed by atoms with Crippen molar-refractivity contribution in [3.05, 3.63) is 59.2 Å². The molecule has 0 saturated heterocycles. The zero-order valence-corrected chi connectivity index (χ0v) is 11.2. The maximum absolute atomic E-state index is 5.93. The minimum Gasteiger partial charge on any atom is -0.454 e. The molecule has 1 aliphatic heterocycles. The van der Waals surface area contributed by atoms with E-state index in [1.165, 1.54) is 16.7 Å². The third-order valence-electron chi connectivity index (χ3n) is 4.41. The van der Waals surface area contributed by atoms with Gasteiger partial charge in [0.05, 0.1) is 0 Å². The second kappa shape index (κ2) is 4.53. The third kappa shape index (κ3) is 1.70. The minimum atomic E-state index is 0.325. The minimum absolute atomic E-state index is 0.325. The van der Waals surface area contributed by atoms with Gasteiger partial charge in [0, 0.05) is 5.92 Å². The first kappa shape index (κ1) is 11.8. The van der Waals surface area contributed by atoms with Crippen molar-refractivity contribution in [2.75, 3.05) is 13.3 Å². The van der Waals surface area contributed by atoms with E-state index < -0.39 is 0 Å². The molecule has 0 amide bonds. The molecule has 1 aliphatic carbocycles. The van der Waals surface area contributed by atoms with Gasteiger partial charge in [0.15, 0.2) is 11.5 Å². The Hall–Kier alpha value is -2.00. The standard InChI is InChI=1S/C17H17NO2/c18-9-12-7-15(14-4-2-1-3-13(12)14)11-5-6-16-17(8-11)20-10-19-16/h1-6,8,12,15H,7,9-10,18H2/t12-,15+/m1/s1. The summed E-state index contributed by atoms with van der Waals surface area (Å²) in [7, 11) is 0. The van der Waals surface area contributed by atoms with Crippen LogP contribution < -0.4 is 15.2 Å². The largest absolute Gasteiger partial charge is 0.454 e. The normalized spacial score (nSPS) is 22.9. The topological polar surface area (TPSA) is 44.5 Å². The average Bonchev–Trinajstić information content (AvgIpc) is 3.10. The molecular weight excluding hydrogens is 250 g/mol. The molecule has 0 unspecified atom stereocenters. The Balaban J connectivity index is 1.76. The van der Waals surface area contributed by atoms with Crippen molar-refractivity contribution < 1.29 is 9.47 Å². The highest BCUT2D eigenvalue weighted by Gasteiger charge is 2.31. The van der Waals surface area contributed by atoms with Crippen LogP contribution in [-0.4, -0.2) is 13.3 Å². The van der Waals surface area contributed by atoms with Gasteiger partial charge in [-0.15, -0.1) is 0 Å². The quantitative estimate of drug-likeness (QED) is 0.909. The molecule has 0 bridgehead atoms. The molecular formula is C17H17NO2. The summed E-state index contributed by atoms with van der Waals surface area (Å²) in [4.78, 5) is 0. The van der Waals surface area contributed by atoms with Gasteiger partial charge in [0.2, 0.25) is 6.79 Å². The van der Waals surface area contributed by atoms with Crippen molar-refractivity contribution in [1.29, 1.82) is 0 Å². The molecule has 2 aromatic rings. The van der Waals surface area contributed by atoms with Gasteiger partial charge < -0.3 is 15.2 Å². The molecule has 4 rings (SSSR count). The van der Waals surface area contributed by atoms with Gasteiger partial charge in [-0.2, -0.15) is 0 Å². The fourth-order valence-electron chi connectivity index (χ4n) is 3.41. The Morgan fingerprint density at radius 2 is 1.80 bits per heavy atom. The van der Waals surface area contributed by atoms with E-state index in [0.717, 1.165) is 17.9 Å². The van der Waals surface area contributed by atoms with Crippen molar-refractivity contribution in [1.82, 2.24) is 0 Å². The van der Waals surface area contributed by atoms with E-state index in [4.69, 9.17) is 15.2 Å². The van der Waals surface area contributed by atoms with Gasteiger partial charge in [0.1, 0.15) is 0 Å². The molecule has 20 heavy (non-hydrogen) atoms. The van der Waals surface area contributed by atoms with E-state index in [1.807, 2.05) is 6.07 Å². The number of rotatable bonds is 2. The van der Waals surface area contributed by atoms with E-state index in [1.54, 1.807) is 0 Å². The lowest BCUT2D eigenvalue weighted by Gasteiger charge is -2.13. The van der Waals surface area contributed by atoms with Crippen LogP contribution in [-0.2, 0) is 0 Å². The maximum Gasteiger partial charge on any atom is 0.231 e. The Morgan fingerprint density at radius 1 is 1.00 bits per heavy atom. The highest BCUT2D eigenvalue weighted by atomic mass is 16.7. The number of hydrogen-bond donors (Lipinski definition) is 1. The highest BCUT2D eigenvalue weighted by Crippen LogP contribution is 2.46. The molecule has 2 atom stereocenters. The highest BCUT2D eigenvalue weighted by molar-refractivity contribution is 5.50. The first-order valence-corrected chi connectivity index (χ1v) is 7.05. The smallest absolute Gasteiger partial charge is 0.231 e. The summed E-state index contributed by atoms with van der Waals surface area (Å²) in [5, 5.41) is 0. The van der Waals surface area contributed by atoms with E-state index >= 15 is 0 Å². The van der Waals surface area contributed by atoms with Gasteiger partial charge in [0.25, 0.3) is 0 Å². The number of ether oxygens (including phenoxy) is 2. The van der Waals surface area contributed by atoms with Gasteiger partial charge in [-0.1, -0.05) is 30.3 Å². The molecule has 1 heterocycles. The second-order valence-electron chi connectivity index (χ2n) is 5.46. The summed E-state index contributed by atoms with van der Waals surface area (Å²) in [5.74, 6) is 2.57. The summed E-state index contributed by atoms with van der Waals surface area (Å²) in [5.41, 5.74) is 10.0. The van der Waals surface area contributed by atoms with Crippen molar-refractivity contribution in [3.8, 4) is 11.5 Å². The van der Waals surface area contributed by atoms with Gasteiger partial charge in [-0.25, -0.2) is 0 Å². The van der Waals surface area contributed by atoms with Crippen LogP contribution in [0.15, 0.2) is 42.5 Å². The first-order valence-electron chi connectivity index (χ1n) is 7.05. The maximum atomic E-state index is 5.93. The monoisotopic (exact) mass is 267 g/mol. The van der Waals surface area contributed by atoms with Crippen LogP contribution in [0.25, 0.3) is 0 Å². The van der Waals surface area contributed by atoms with Crippen molar-refractivity contribution in [2.45, 2.75) is 18.3 Å². The molecule has 102 valence electrons. The number of hydrogen-bond acceptors (Lipinski definition) is 3. The van der Waals surface area contributed by atoms with E-state index in [9.17, 15) is 0 Å². The number of benzene rings is 2. The Kier molecular flexibility index (Phi) is 2.67. The van der Waals surface area contributed by atoms with Gasteiger partial charge in [-0.3, -0.25) is 0 Å². The van der Waals surface area contributed by atoms with Crippen LogP contribution in [0.3, 0.4) is 0 Å². The summed E-state index contributed by atoms with van der Waals surface area (Å²) >= 11 is 0.